The average Bonchev–Trinajstić information content (AvgIpc) is 2.46. The molecule has 1 heterocycles. The summed E-state index contributed by atoms with van der Waals surface area (Å²) in [5.41, 5.74) is 2.19. The molecule has 1 aromatic heterocycles. The van der Waals surface area contributed by atoms with Crippen molar-refractivity contribution < 1.29 is 4.42 Å². The molecule has 2 aromatic rings. The van der Waals surface area contributed by atoms with Gasteiger partial charge in [0.15, 0.2) is 0 Å². The molecule has 0 unspecified atom stereocenters. The Morgan fingerprint density at radius 3 is 2.91 bits per heavy atom. The summed E-state index contributed by atoms with van der Waals surface area (Å²) < 4.78 is 5.56. The van der Waals surface area contributed by atoms with Gasteiger partial charge in [0.25, 0.3) is 0 Å². The molecule has 0 aliphatic rings. The van der Waals surface area contributed by atoms with Crippen molar-refractivity contribution in [2.24, 2.45) is 0 Å². The maximum Gasteiger partial charge on any atom is 0.139 e. The van der Waals surface area contributed by atoms with Crippen LogP contribution in [-0.2, 0) is 6.42 Å². The highest BCUT2D eigenvalue weighted by Gasteiger charge is 1.99. The second kappa shape index (κ2) is 2.67. The topological polar surface area (TPSA) is 13.1 Å². The Morgan fingerprint density at radius 2 is 2.18 bits per heavy atom. The molecule has 0 amide bonds. The lowest BCUT2D eigenvalue weighted by molar-refractivity contribution is 0.569. The molecule has 0 saturated heterocycles. The summed E-state index contributed by atoms with van der Waals surface area (Å²) in [6, 6.07) is 8.19. The number of hydrogen-bond acceptors (Lipinski definition) is 1. The van der Waals surface area contributed by atoms with Crippen molar-refractivity contribution in [1.82, 2.24) is 0 Å². The van der Waals surface area contributed by atoms with Crippen LogP contribution in [0.5, 0.6) is 0 Å². The number of aryl methyl sites for hydroxylation is 1. The van der Waals surface area contributed by atoms with Gasteiger partial charge >= 0.3 is 0 Å². The Balaban J connectivity index is 2.69. The standard InChI is InChI=1S/C9H9OP/c1-2-9-10-7-5-3-4-6-8(7)11-9/h3-6H,2H2,1H3. The van der Waals surface area contributed by atoms with E-state index in [1.54, 1.807) is 0 Å². The molecule has 0 aliphatic heterocycles. The van der Waals surface area contributed by atoms with E-state index in [0.29, 0.717) is 0 Å². The van der Waals surface area contributed by atoms with E-state index in [1.807, 2.05) is 18.2 Å². The van der Waals surface area contributed by atoms with Gasteiger partial charge in [-0.1, -0.05) is 19.1 Å². The van der Waals surface area contributed by atoms with E-state index in [2.05, 4.69) is 13.0 Å². The van der Waals surface area contributed by atoms with Crippen molar-refractivity contribution in [2.75, 3.05) is 0 Å². The zero-order valence-electron chi connectivity index (χ0n) is 6.37. The zero-order valence-corrected chi connectivity index (χ0v) is 7.27. The van der Waals surface area contributed by atoms with Crippen LogP contribution < -0.4 is 0 Å². The van der Waals surface area contributed by atoms with Gasteiger partial charge < -0.3 is 4.42 Å². The Bertz CT molecular complexity index is 331. The fraction of sp³-hybridized carbons (Fsp3) is 0.222. The van der Waals surface area contributed by atoms with Gasteiger partial charge in [0.05, 0.1) is 0 Å². The summed E-state index contributed by atoms with van der Waals surface area (Å²) in [5.74, 6) is 0. The third kappa shape index (κ3) is 1.17. The van der Waals surface area contributed by atoms with Crippen molar-refractivity contribution in [3.8, 4) is 0 Å². The average molecular weight is 164 g/mol. The predicted molar refractivity (Wildman–Crippen MR) is 48.1 cm³/mol. The molecule has 2 heteroatoms. The van der Waals surface area contributed by atoms with Crippen LogP contribution >= 0.6 is 8.19 Å². The van der Waals surface area contributed by atoms with Gasteiger partial charge in [-0.3, -0.25) is 0 Å². The lowest BCUT2D eigenvalue weighted by Gasteiger charge is -1.82. The van der Waals surface area contributed by atoms with Crippen LogP contribution in [-0.4, -0.2) is 0 Å². The zero-order chi connectivity index (χ0) is 7.68. The highest BCUT2D eigenvalue weighted by atomic mass is 31.0. The van der Waals surface area contributed by atoms with E-state index in [1.165, 1.54) is 13.3 Å². The van der Waals surface area contributed by atoms with Crippen LogP contribution in [0.4, 0.5) is 0 Å². The predicted octanol–water partition coefficient (Wildman–Crippen LogP) is 3.58. The molecule has 0 saturated carbocycles. The first-order valence-electron chi connectivity index (χ1n) is 3.74. The Morgan fingerprint density at radius 1 is 1.36 bits per heavy atom. The first-order valence-corrected chi connectivity index (χ1v) is 4.64. The van der Waals surface area contributed by atoms with Gasteiger partial charge in [-0.15, -0.1) is 0 Å². The monoisotopic (exact) mass is 164 g/mol. The van der Waals surface area contributed by atoms with Gasteiger partial charge in [-0.25, -0.2) is 0 Å². The van der Waals surface area contributed by atoms with Crippen LogP contribution in [0.25, 0.3) is 10.7 Å². The van der Waals surface area contributed by atoms with E-state index >= 15 is 0 Å². The molecule has 2 rings (SSSR count). The normalized spacial score (nSPS) is 11.4. The molecular weight excluding hydrogens is 155 g/mol. The minimum atomic E-state index is 1.01. The molecule has 0 bridgehead atoms. The van der Waals surface area contributed by atoms with Crippen molar-refractivity contribution in [3.63, 3.8) is 0 Å². The van der Waals surface area contributed by atoms with Gasteiger partial charge in [0.2, 0.25) is 0 Å². The molecule has 1 nitrogen and oxygen atoms in total. The number of hydrogen-bond donors (Lipinski definition) is 0. The van der Waals surface area contributed by atoms with Gasteiger partial charge in [-0.2, -0.15) is 0 Å². The summed E-state index contributed by atoms with van der Waals surface area (Å²) in [4.78, 5) is 0. The highest BCUT2D eigenvalue weighted by molar-refractivity contribution is 7.37. The SMILES string of the molecule is CCc1oc2ccccc2p1. The minimum absolute atomic E-state index is 1.01. The first kappa shape index (κ1) is 6.87. The molecular formula is C9H9OP. The summed E-state index contributed by atoms with van der Waals surface area (Å²) in [5, 5.41) is 1.30. The molecule has 0 radical (unpaired) electrons. The first-order chi connectivity index (χ1) is 5.40. The fourth-order valence-corrected chi connectivity index (χ4v) is 2.03. The quantitative estimate of drug-likeness (QED) is 0.627. The highest BCUT2D eigenvalue weighted by Crippen LogP contribution is 2.29. The fourth-order valence-electron chi connectivity index (χ4n) is 1.07. The maximum absolute atomic E-state index is 5.56. The minimum Gasteiger partial charge on any atom is -0.456 e. The van der Waals surface area contributed by atoms with Crippen LogP contribution in [0.2, 0.25) is 0 Å². The molecule has 11 heavy (non-hydrogen) atoms. The van der Waals surface area contributed by atoms with E-state index in [-0.39, 0.29) is 0 Å². The maximum atomic E-state index is 5.56. The second-order valence-corrected chi connectivity index (χ2v) is 3.63. The van der Waals surface area contributed by atoms with E-state index in [0.717, 1.165) is 17.5 Å². The lowest BCUT2D eigenvalue weighted by Crippen LogP contribution is -1.63. The van der Waals surface area contributed by atoms with Crippen LogP contribution in [0, 0.1) is 0 Å². The Hall–Kier alpha value is -0.810. The van der Waals surface area contributed by atoms with E-state index in [9.17, 15) is 0 Å². The summed E-state index contributed by atoms with van der Waals surface area (Å²) >= 11 is 0. The summed E-state index contributed by atoms with van der Waals surface area (Å²) in [6.07, 6.45) is 1.01. The molecule has 0 N–H and O–H groups in total. The smallest absolute Gasteiger partial charge is 0.139 e. The number of para-hydroxylation sites is 1. The van der Waals surface area contributed by atoms with Crippen molar-refractivity contribution in [2.45, 2.75) is 13.3 Å². The molecule has 56 valence electrons. The van der Waals surface area contributed by atoms with Gasteiger partial charge in [0, 0.05) is 11.5 Å². The third-order valence-electron chi connectivity index (χ3n) is 1.64. The third-order valence-corrected chi connectivity index (χ3v) is 2.91. The van der Waals surface area contributed by atoms with E-state index < -0.39 is 0 Å². The molecule has 1 aromatic carbocycles. The Kier molecular flexibility index (Phi) is 1.67. The second-order valence-electron chi connectivity index (χ2n) is 2.43. The largest absolute Gasteiger partial charge is 0.456 e. The van der Waals surface area contributed by atoms with Gasteiger partial charge in [-0.05, 0) is 20.3 Å². The summed E-state index contributed by atoms with van der Waals surface area (Å²) in [7, 11) is 1.25. The van der Waals surface area contributed by atoms with Crippen LogP contribution in [0.3, 0.4) is 0 Å². The molecule has 0 spiro atoms. The van der Waals surface area contributed by atoms with Crippen molar-refractivity contribution in [3.05, 3.63) is 29.8 Å². The lowest BCUT2D eigenvalue weighted by atomic mass is 10.3. The number of benzene rings is 1. The van der Waals surface area contributed by atoms with E-state index in [4.69, 9.17) is 4.42 Å². The Labute approximate surface area is 67.1 Å². The molecule has 0 aliphatic carbocycles. The number of fused-ring (bicyclic) bond motifs is 1. The summed E-state index contributed by atoms with van der Waals surface area (Å²) in [6.45, 7) is 2.12. The molecule has 0 atom stereocenters. The van der Waals surface area contributed by atoms with Crippen LogP contribution in [0.15, 0.2) is 28.7 Å². The number of rotatable bonds is 1. The van der Waals surface area contributed by atoms with Crippen molar-refractivity contribution in [1.29, 1.82) is 0 Å². The van der Waals surface area contributed by atoms with Crippen LogP contribution in [0.1, 0.15) is 12.4 Å². The van der Waals surface area contributed by atoms with Crippen molar-refractivity contribution >= 4 is 18.9 Å². The molecule has 0 fully saturated rings. The van der Waals surface area contributed by atoms with Gasteiger partial charge in [0.1, 0.15) is 11.1 Å².